The van der Waals surface area contributed by atoms with Gasteiger partial charge in [-0.25, -0.2) is 0 Å². The molecule has 0 atom stereocenters. The molecule has 18 heavy (non-hydrogen) atoms. The van der Waals surface area contributed by atoms with Crippen LogP contribution in [0.15, 0.2) is 48.5 Å². The van der Waals surface area contributed by atoms with Crippen molar-refractivity contribution in [3.63, 3.8) is 0 Å². The van der Waals surface area contributed by atoms with Crippen LogP contribution in [0.25, 0.3) is 11.1 Å². The Morgan fingerprint density at radius 1 is 0.889 bits per heavy atom. The molecule has 0 fully saturated rings. The molecule has 0 spiro atoms. The van der Waals surface area contributed by atoms with Crippen molar-refractivity contribution in [1.29, 1.82) is 0 Å². The second kappa shape index (κ2) is 5.47. The molecule has 3 nitrogen and oxygen atoms in total. The van der Waals surface area contributed by atoms with Crippen LogP contribution in [0.4, 0.5) is 0 Å². The number of primary amides is 1. The number of carbonyl (C=O) groups is 1. The number of hydrogen-bond acceptors (Lipinski definition) is 2. The third-order valence-electron chi connectivity index (χ3n) is 2.91. The van der Waals surface area contributed by atoms with Crippen LogP contribution in [0.3, 0.4) is 0 Å². The summed E-state index contributed by atoms with van der Waals surface area (Å²) in [4.78, 5) is 11.1. The van der Waals surface area contributed by atoms with Crippen LogP contribution in [0, 0.1) is 0 Å². The molecular weight excluding hydrogens is 224 g/mol. The summed E-state index contributed by atoms with van der Waals surface area (Å²) in [6, 6.07) is 15.7. The number of amides is 1. The minimum atomic E-state index is -0.326. The molecule has 1 amide bonds. The van der Waals surface area contributed by atoms with Gasteiger partial charge in [-0.1, -0.05) is 48.5 Å². The molecule has 92 valence electrons. The quantitative estimate of drug-likeness (QED) is 0.856. The Labute approximate surface area is 106 Å². The molecule has 0 aliphatic carbocycles. The minimum Gasteiger partial charge on any atom is -0.369 e. The van der Waals surface area contributed by atoms with Crippen LogP contribution in [0.1, 0.15) is 11.1 Å². The first kappa shape index (κ1) is 12.3. The van der Waals surface area contributed by atoms with Gasteiger partial charge in [0, 0.05) is 6.54 Å². The third-order valence-corrected chi connectivity index (χ3v) is 2.91. The van der Waals surface area contributed by atoms with Crippen molar-refractivity contribution in [2.75, 3.05) is 0 Å². The first-order chi connectivity index (χ1) is 8.72. The first-order valence-corrected chi connectivity index (χ1v) is 5.87. The van der Waals surface area contributed by atoms with Gasteiger partial charge in [0.2, 0.25) is 5.91 Å². The Kier molecular flexibility index (Phi) is 3.75. The summed E-state index contributed by atoms with van der Waals surface area (Å²) in [5.41, 5.74) is 15.1. The molecule has 0 aromatic heterocycles. The summed E-state index contributed by atoms with van der Waals surface area (Å²) < 4.78 is 0. The van der Waals surface area contributed by atoms with E-state index in [0.29, 0.717) is 6.54 Å². The average molecular weight is 240 g/mol. The number of carbonyl (C=O) groups excluding carboxylic acids is 1. The van der Waals surface area contributed by atoms with E-state index in [9.17, 15) is 4.79 Å². The van der Waals surface area contributed by atoms with Crippen LogP contribution < -0.4 is 11.5 Å². The zero-order chi connectivity index (χ0) is 13.0. The number of rotatable bonds is 4. The standard InChI is InChI=1S/C15H16N2O/c16-10-12-6-2-4-8-14(12)13-7-3-1-5-11(13)9-15(17)18/h1-8H,9-10,16H2,(H2,17,18). The molecule has 0 saturated heterocycles. The molecule has 0 bridgehead atoms. The molecular formula is C15H16N2O. The molecule has 0 saturated carbocycles. The molecule has 2 aromatic carbocycles. The van der Waals surface area contributed by atoms with Gasteiger partial charge in [0.1, 0.15) is 0 Å². The van der Waals surface area contributed by atoms with Crippen molar-refractivity contribution in [3.8, 4) is 11.1 Å². The van der Waals surface area contributed by atoms with E-state index in [-0.39, 0.29) is 12.3 Å². The Hall–Kier alpha value is -2.13. The highest BCUT2D eigenvalue weighted by Crippen LogP contribution is 2.27. The molecule has 3 heteroatoms. The van der Waals surface area contributed by atoms with E-state index in [1.165, 1.54) is 0 Å². The Morgan fingerprint density at radius 2 is 1.39 bits per heavy atom. The fourth-order valence-electron chi connectivity index (χ4n) is 2.09. The van der Waals surface area contributed by atoms with E-state index in [2.05, 4.69) is 0 Å². The molecule has 2 rings (SSSR count). The maximum Gasteiger partial charge on any atom is 0.221 e. The Morgan fingerprint density at radius 3 is 1.94 bits per heavy atom. The van der Waals surface area contributed by atoms with Gasteiger partial charge in [-0.15, -0.1) is 0 Å². The summed E-state index contributed by atoms with van der Waals surface area (Å²) in [5, 5.41) is 0. The lowest BCUT2D eigenvalue weighted by Crippen LogP contribution is -2.14. The molecule has 2 aromatic rings. The van der Waals surface area contributed by atoms with E-state index in [0.717, 1.165) is 22.3 Å². The van der Waals surface area contributed by atoms with Gasteiger partial charge < -0.3 is 11.5 Å². The lowest BCUT2D eigenvalue weighted by atomic mass is 9.94. The summed E-state index contributed by atoms with van der Waals surface area (Å²) in [6.45, 7) is 0.473. The monoisotopic (exact) mass is 240 g/mol. The summed E-state index contributed by atoms with van der Waals surface area (Å²) >= 11 is 0. The summed E-state index contributed by atoms with van der Waals surface area (Å²) in [5.74, 6) is -0.326. The third kappa shape index (κ3) is 2.57. The summed E-state index contributed by atoms with van der Waals surface area (Å²) in [6.07, 6.45) is 0.245. The van der Waals surface area contributed by atoms with Crippen molar-refractivity contribution >= 4 is 5.91 Å². The van der Waals surface area contributed by atoms with Gasteiger partial charge in [0.05, 0.1) is 6.42 Å². The highest BCUT2D eigenvalue weighted by molar-refractivity contribution is 5.81. The minimum absolute atomic E-state index is 0.245. The lowest BCUT2D eigenvalue weighted by Gasteiger charge is -2.12. The van der Waals surface area contributed by atoms with E-state index in [1.54, 1.807) is 0 Å². The van der Waals surface area contributed by atoms with Crippen LogP contribution in [0.2, 0.25) is 0 Å². The SMILES string of the molecule is NCc1ccccc1-c1ccccc1CC(N)=O. The Bertz CT molecular complexity index is 564. The van der Waals surface area contributed by atoms with Gasteiger partial charge in [-0.2, -0.15) is 0 Å². The van der Waals surface area contributed by atoms with Crippen molar-refractivity contribution in [3.05, 3.63) is 59.7 Å². The maximum atomic E-state index is 11.1. The van der Waals surface area contributed by atoms with Crippen LogP contribution >= 0.6 is 0 Å². The van der Waals surface area contributed by atoms with Crippen molar-refractivity contribution in [2.24, 2.45) is 11.5 Å². The first-order valence-electron chi connectivity index (χ1n) is 5.87. The Balaban J connectivity index is 2.53. The van der Waals surface area contributed by atoms with Gasteiger partial charge in [-0.3, -0.25) is 4.79 Å². The van der Waals surface area contributed by atoms with E-state index in [4.69, 9.17) is 11.5 Å². The smallest absolute Gasteiger partial charge is 0.221 e. The molecule has 0 unspecified atom stereocenters. The van der Waals surface area contributed by atoms with Crippen molar-refractivity contribution in [2.45, 2.75) is 13.0 Å². The zero-order valence-corrected chi connectivity index (χ0v) is 10.1. The highest BCUT2D eigenvalue weighted by atomic mass is 16.1. The van der Waals surface area contributed by atoms with E-state index < -0.39 is 0 Å². The number of benzene rings is 2. The molecule has 4 N–H and O–H groups in total. The highest BCUT2D eigenvalue weighted by Gasteiger charge is 2.09. The maximum absolute atomic E-state index is 11.1. The predicted molar refractivity (Wildman–Crippen MR) is 72.7 cm³/mol. The second-order valence-electron chi connectivity index (χ2n) is 4.16. The fourth-order valence-corrected chi connectivity index (χ4v) is 2.09. The molecule has 0 aliphatic heterocycles. The topological polar surface area (TPSA) is 69.1 Å². The largest absolute Gasteiger partial charge is 0.369 e. The summed E-state index contributed by atoms with van der Waals surface area (Å²) in [7, 11) is 0. The molecule has 0 radical (unpaired) electrons. The van der Waals surface area contributed by atoms with E-state index >= 15 is 0 Å². The molecule has 0 aliphatic rings. The van der Waals surface area contributed by atoms with Crippen LogP contribution in [-0.2, 0) is 17.8 Å². The normalized spacial score (nSPS) is 10.3. The predicted octanol–water partition coefficient (Wildman–Crippen LogP) is 1.84. The van der Waals surface area contributed by atoms with Crippen molar-refractivity contribution < 1.29 is 4.79 Å². The van der Waals surface area contributed by atoms with Gasteiger partial charge >= 0.3 is 0 Å². The average Bonchev–Trinajstić information content (AvgIpc) is 2.39. The fraction of sp³-hybridized carbons (Fsp3) is 0.133. The lowest BCUT2D eigenvalue weighted by molar-refractivity contribution is -0.117. The van der Waals surface area contributed by atoms with Gasteiger partial charge in [-0.05, 0) is 22.3 Å². The number of hydrogen-bond donors (Lipinski definition) is 2. The van der Waals surface area contributed by atoms with Gasteiger partial charge in [0.15, 0.2) is 0 Å². The second-order valence-corrected chi connectivity index (χ2v) is 4.16. The number of nitrogens with two attached hydrogens (primary N) is 2. The van der Waals surface area contributed by atoms with Gasteiger partial charge in [0.25, 0.3) is 0 Å². The van der Waals surface area contributed by atoms with Crippen molar-refractivity contribution in [1.82, 2.24) is 0 Å². The van der Waals surface area contributed by atoms with E-state index in [1.807, 2.05) is 48.5 Å². The molecule has 0 heterocycles. The van der Waals surface area contributed by atoms with Crippen LogP contribution in [-0.4, -0.2) is 5.91 Å². The zero-order valence-electron chi connectivity index (χ0n) is 10.1. The van der Waals surface area contributed by atoms with Crippen LogP contribution in [0.5, 0.6) is 0 Å².